The van der Waals surface area contributed by atoms with E-state index in [2.05, 4.69) is 26.6 Å². The van der Waals surface area contributed by atoms with Crippen LogP contribution in [0.5, 0.6) is 5.75 Å². The Morgan fingerprint density at radius 1 is 1.12 bits per heavy atom. The molecule has 4 nitrogen and oxygen atoms in total. The smallest absolute Gasteiger partial charge is 0.264 e. The number of aryl methyl sites for hydroxylation is 3. The number of carbonyl (C=O) groups is 1. The first-order chi connectivity index (χ1) is 11.3. The molecule has 0 aliphatic carbocycles. The number of nitrogens with one attached hydrogen (secondary N) is 2. The third-order valence-corrected chi connectivity index (χ3v) is 4.19. The molecular weight excluding hydrogens is 388 g/mol. The standard InChI is InChI=1S/C18H19BrN2O2S/c1-11-5-7-15(14(19)8-11)20-18(24)21-17(22)10-23-16-9-12(2)4-6-13(16)3/h4-9H,10H2,1-3H3,(H2,20,21,22,24). The number of ether oxygens (including phenoxy) is 1. The first-order valence-corrected chi connectivity index (χ1v) is 8.62. The van der Waals surface area contributed by atoms with Gasteiger partial charge in [0.05, 0.1) is 5.69 Å². The lowest BCUT2D eigenvalue weighted by molar-refractivity contribution is -0.121. The van der Waals surface area contributed by atoms with Gasteiger partial charge in [-0.2, -0.15) is 0 Å². The van der Waals surface area contributed by atoms with E-state index >= 15 is 0 Å². The number of anilines is 1. The second-order valence-electron chi connectivity index (χ2n) is 5.54. The van der Waals surface area contributed by atoms with Gasteiger partial charge in [-0.15, -0.1) is 0 Å². The van der Waals surface area contributed by atoms with Crippen LogP contribution in [0.1, 0.15) is 16.7 Å². The Morgan fingerprint density at radius 3 is 2.50 bits per heavy atom. The fourth-order valence-electron chi connectivity index (χ4n) is 2.04. The van der Waals surface area contributed by atoms with Crippen molar-refractivity contribution in [2.24, 2.45) is 0 Å². The highest BCUT2D eigenvalue weighted by atomic mass is 79.9. The van der Waals surface area contributed by atoms with Crippen LogP contribution in [0, 0.1) is 20.8 Å². The summed E-state index contributed by atoms with van der Waals surface area (Å²) in [6.07, 6.45) is 0. The second-order valence-corrected chi connectivity index (χ2v) is 6.81. The summed E-state index contributed by atoms with van der Waals surface area (Å²) < 4.78 is 6.44. The molecular formula is C18H19BrN2O2S. The fourth-order valence-corrected chi connectivity index (χ4v) is 2.86. The van der Waals surface area contributed by atoms with E-state index in [-0.39, 0.29) is 17.6 Å². The molecule has 0 heterocycles. The van der Waals surface area contributed by atoms with Gasteiger partial charge in [0.15, 0.2) is 11.7 Å². The van der Waals surface area contributed by atoms with Gasteiger partial charge in [-0.05, 0) is 83.8 Å². The minimum Gasteiger partial charge on any atom is -0.483 e. The first kappa shape index (κ1) is 18.4. The van der Waals surface area contributed by atoms with Crippen molar-refractivity contribution in [2.45, 2.75) is 20.8 Å². The van der Waals surface area contributed by atoms with Crippen molar-refractivity contribution >= 4 is 44.9 Å². The molecule has 0 saturated heterocycles. The largest absolute Gasteiger partial charge is 0.483 e. The van der Waals surface area contributed by atoms with Crippen molar-refractivity contribution in [3.63, 3.8) is 0 Å². The van der Waals surface area contributed by atoms with Crippen molar-refractivity contribution < 1.29 is 9.53 Å². The maximum atomic E-state index is 12.0. The molecule has 0 aliphatic heterocycles. The van der Waals surface area contributed by atoms with Crippen molar-refractivity contribution in [1.29, 1.82) is 0 Å². The zero-order valence-corrected chi connectivity index (χ0v) is 16.2. The predicted octanol–water partition coefficient (Wildman–Crippen LogP) is 4.27. The quantitative estimate of drug-likeness (QED) is 0.744. The van der Waals surface area contributed by atoms with Gasteiger partial charge < -0.3 is 10.1 Å². The van der Waals surface area contributed by atoms with Gasteiger partial charge >= 0.3 is 0 Å². The molecule has 0 atom stereocenters. The third kappa shape index (κ3) is 5.32. The van der Waals surface area contributed by atoms with Gasteiger partial charge in [0.1, 0.15) is 5.75 Å². The highest BCUT2D eigenvalue weighted by Gasteiger charge is 2.09. The number of carbonyl (C=O) groups excluding carboxylic acids is 1. The zero-order valence-electron chi connectivity index (χ0n) is 13.8. The molecule has 0 aromatic heterocycles. The maximum Gasteiger partial charge on any atom is 0.264 e. The van der Waals surface area contributed by atoms with E-state index in [0.29, 0.717) is 5.75 Å². The second kappa shape index (κ2) is 8.26. The number of benzene rings is 2. The lowest BCUT2D eigenvalue weighted by atomic mass is 10.1. The zero-order chi connectivity index (χ0) is 17.7. The normalized spacial score (nSPS) is 10.2. The lowest BCUT2D eigenvalue weighted by Crippen LogP contribution is -2.37. The van der Waals surface area contributed by atoms with Gasteiger partial charge in [0.25, 0.3) is 5.91 Å². The molecule has 1 amide bonds. The lowest BCUT2D eigenvalue weighted by Gasteiger charge is -2.13. The van der Waals surface area contributed by atoms with E-state index in [1.165, 1.54) is 0 Å². The number of amides is 1. The van der Waals surface area contributed by atoms with Crippen molar-refractivity contribution in [2.75, 3.05) is 11.9 Å². The van der Waals surface area contributed by atoms with Crippen LogP contribution in [0.4, 0.5) is 5.69 Å². The maximum absolute atomic E-state index is 12.0. The number of hydrogen-bond acceptors (Lipinski definition) is 3. The Bertz CT molecular complexity index is 778. The molecule has 6 heteroatoms. The monoisotopic (exact) mass is 406 g/mol. The molecule has 2 rings (SSSR count). The summed E-state index contributed by atoms with van der Waals surface area (Å²) in [7, 11) is 0. The SMILES string of the molecule is Cc1ccc(NC(=S)NC(=O)COc2cc(C)ccc2C)c(Br)c1. The molecule has 2 aromatic rings. The molecule has 0 unspecified atom stereocenters. The molecule has 2 aromatic carbocycles. The Kier molecular flexibility index (Phi) is 6.34. The van der Waals surface area contributed by atoms with E-state index in [1.807, 2.05) is 57.2 Å². The van der Waals surface area contributed by atoms with Gasteiger partial charge in [-0.25, -0.2) is 0 Å². The van der Waals surface area contributed by atoms with Gasteiger partial charge in [0, 0.05) is 4.47 Å². The average molecular weight is 407 g/mol. The van der Waals surface area contributed by atoms with Gasteiger partial charge in [-0.1, -0.05) is 18.2 Å². The molecule has 0 aliphatic rings. The molecule has 0 saturated carbocycles. The van der Waals surface area contributed by atoms with E-state index in [9.17, 15) is 4.79 Å². The summed E-state index contributed by atoms with van der Waals surface area (Å²) in [4.78, 5) is 12.0. The van der Waals surface area contributed by atoms with E-state index in [1.54, 1.807) is 0 Å². The summed E-state index contributed by atoms with van der Waals surface area (Å²) >= 11 is 8.62. The summed E-state index contributed by atoms with van der Waals surface area (Å²) in [5.74, 6) is 0.391. The first-order valence-electron chi connectivity index (χ1n) is 7.42. The molecule has 0 fully saturated rings. The summed E-state index contributed by atoms with van der Waals surface area (Å²) in [6.45, 7) is 5.82. The van der Waals surface area contributed by atoms with Crippen LogP contribution in [0.15, 0.2) is 40.9 Å². The number of halogens is 1. The van der Waals surface area contributed by atoms with Crippen molar-refractivity contribution in [3.8, 4) is 5.75 Å². The molecule has 0 bridgehead atoms. The topological polar surface area (TPSA) is 50.4 Å². The van der Waals surface area contributed by atoms with Crippen LogP contribution in [-0.2, 0) is 4.79 Å². The van der Waals surface area contributed by atoms with Crippen LogP contribution in [0.25, 0.3) is 0 Å². The summed E-state index contributed by atoms with van der Waals surface area (Å²) in [5, 5.41) is 5.82. The van der Waals surface area contributed by atoms with Crippen LogP contribution < -0.4 is 15.4 Å². The molecule has 126 valence electrons. The van der Waals surface area contributed by atoms with Gasteiger partial charge in [-0.3, -0.25) is 10.1 Å². The minimum absolute atomic E-state index is 0.0961. The Balaban J connectivity index is 1.87. The van der Waals surface area contributed by atoms with Crippen molar-refractivity contribution in [3.05, 3.63) is 57.6 Å². The highest BCUT2D eigenvalue weighted by molar-refractivity contribution is 9.10. The molecule has 0 spiro atoms. The summed E-state index contributed by atoms with van der Waals surface area (Å²) in [5.41, 5.74) is 3.99. The number of hydrogen-bond donors (Lipinski definition) is 2. The minimum atomic E-state index is -0.309. The Hall–Kier alpha value is -1.92. The van der Waals surface area contributed by atoms with Gasteiger partial charge in [0.2, 0.25) is 0 Å². The third-order valence-electron chi connectivity index (χ3n) is 3.33. The predicted molar refractivity (Wildman–Crippen MR) is 105 cm³/mol. The van der Waals surface area contributed by atoms with Crippen LogP contribution in [0.3, 0.4) is 0 Å². The number of rotatable bonds is 4. The average Bonchev–Trinajstić information content (AvgIpc) is 2.51. The van der Waals surface area contributed by atoms with Crippen LogP contribution in [0.2, 0.25) is 0 Å². The van der Waals surface area contributed by atoms with E-state index in [4.69, 9.17) is 17.0 Å². The fraction of sp³-hybridized carbons (Fsp3) is 0.222. The van der Waals surface area contributed by atoms with E-state index in [0.717, 1.165) is 26.9 Å². The molecule has 0 radical (unpaired) electrons. The van der Waals surface area contributed by atoms with Crippen molar-refractivity contribution in [1.82, 2.24) is 5.32 Å². The summed E-state index contributed by atoms with van der Waals surface area (Å²) in [6, 6.07) is 11.7. The Morgan fingerprint density at radius 2 is 1.79 bits per heavy atom. The van der Waals surface area contributed by atoms with Crippen LogP contribution >= 0.6 is 28.1 Å². The van der Waals surface area contributed by atoms with E-state index < -0.39 is 0 Å². The van der Waals surface area contributed by atoms with Crippen LogP contribution in [-0.4, -0.2) is 17.6 Å². The molecule has 24 heavy (non-hydrogen) atoms. The molecule has 2 N–H and O–H groups in total. The number of thiocarbonyl (C=S) groups is 1. The highest BCUT2D eigenvalue weighted by Crippen LogP contribution is 2.23. The Labute approximate surface area is 155 Å².